The molecule has 0 heterocycles. The van der Waals surface area contributed by atoms with Crippen molar-refractivity contribution >= 4 is 5.91 Å². The number of alkyl halides is 1. The van der Waals surface area contributed by atoms with E-state index in [4.69, 9.17) is 0 Å². The molecule has 0 spiro atoms. The van der Waals surface area contributed by atoms with Crippen LogP contribution in [0.3, 0.4) is 0 Å². The van der Waals surface area contributed by atoms with Crippen molar-refractivity contribution < 1.29 is 9.18 Å². The molecular formula is C18H30FNO. The van der Waals surface area contributed by atoms with Gasteiger partial charge in [0.1, 0.15) is 5.67 Å². The van der Waals surface area contributed by atoms with Crippen molar-refractivity contribution in [3.05, 3.63) is 34.9 Å². The van der Waals surface area contributed by atoms with E-state index >= 15 is 0 Å². The van der Waals surface area contributed by atoms with E-state index < -0.39 is 5.67 Å². The summed E-state index contributed by atoms with van der Waals surface area (Å²) in [5, 5.41) is 2.72. The van der Waals surface area contributed by atoms with Crippen LogP contribution < -0.4 is 5.32 Å². The van der Waals surface area contributed by atoms with Crippen LogP contribution in [-0.2, 0) is 17.0 Å². The first-order valence-corrected chi connectivity index (χ1v) is 7.34. The van der Waals surface area contributed by atoms with E-state index in [9.17, 15) is 9.18 Å². The zero-order valence-electron chi connectivity index (χ0n) is 14.7. The van der Waals surface area contributed by atoms with Gasteiger partial charge in [0.15, 0.2) is 0 Å². The van der Waals surface area contributed by atoms with Crippen LogP contribution in [0.2, 0.25) is 0 Å². The van der Waals surface area contributed by atoms with Crippen LogP contribution in [-0.4, -0.2) is 5.91 Å². The highest BCUT2D eigenvalue weighted by Gasteiger charge is 2.21. The predicted molar refractivity (Wildman–Crippen MR) is 88.0 cm³/mol. The van der Waals surface area contributed by atoms with Gasteiger partial charge in [-0.15, -0.1) is 0 Å². The maximum Gasteiger partial charge on any atom is 0.217 e. The van der Waals surface area contributed by atoms with E-state index in [0.717, 1.165) is 11.1 Å². The lowest BCUT2D eigenvalue weighted by Crippen LogP contribution is -2.20. The molecule has 0 aliphatic rings. The van der Waals surface area contributed by atoms with Gasteiger partial charge in [-0.1, -0.05) is 45.9 Å². The Morgan fingerprint density at radius 3 is 2.00 bits per heavy atom. The molecular weight excluding hydrogens is 265 g/mol. The number of amides is 1. The van der Waals surface area contributed by atoms with Gasteiger partial charge in [-0.3, -0.25) is 4.79 Å². The lowest BCUT2D eigenvalue weighted by atomic mass is 9.92. The minimum atomic E-state index is -1.35. The maximum atomic E-state index is 13.9. The molecule has 0 atom stereocenters. The van der Waals surface area contributed by atoms with E-state index in [1.54, 1.807) is 6.07 Å². The first kappa shape index (κ1) is 19.6. The van der Waals surface area contributed by atoms with E-state index in [1.807, 2.05) is 19.1 Å². The molecule has 3 heteroatoms. The lowest BCUT2D eigenvalue weighted by Gasteiger charge is -2.19. The summed E-state index contributed by atoms with van der Waals surface area (Å²) < 4.78 is 13.9. The average molecular weight is 295 g/mol. The fourth-order valence-corrected chi connectivity index (χ4v) is 1.74. The van der Waals surface area contributed by atoms with Crippen LogP contribution in [0.1, 0.15) is 65.2 Å². The smallest absolute Gasteiger partial charge is 0.217 e. The maximum absolute atomic E-state index is 13.9. The largest absolute Gasteiger partial charge is 0.352 e. The minimum absolute atomic E-state index is 0.0793. The van der Waals surface area contributed by atoms with Crippen molar-refractivity contribution in [3.63, 3.8) is 0 Å². The number of hydrogen-bond donors (Lipinski definition) is 1. The topological polar surface area (TPSA) is 29.1 Å². The Morgan fingerprint density at radius 2 is 1.62 bits per heavy atom. The third-order valence-corrected chi connectivity index (χ3v) is 2.61. The highest BCUT2D eigenvalue weighted by atomic mass is 19.1. The molecule has 0 saturated heterocycles. The molecule has 1 aromatic carbocycles. The van der Waals surface area contributed by atoms with Gasteiger partial charge in [0.25, 0.3) is 0 Å². The van der Waals surface area contributed by atoms with Crippen molar-refractivity contribution in [2.75, 3.05) is 0 Å². The number of rotatable bonds is 3. The zero-order valence-corrected chi connectivity index (χ0v) is 14.7. The molecule has 1 N–H and O–H groups in total. The fourth-order valence-electron chi connectivity index (χ4n) is 1.74. The molecule has 0 aliphatic carbocycles. The summed E-state index contributed by atoms with van der Waals surface area (Å²) in [6.07, 6.45) is 0. The van der Waals surface area contributed by atoms with Gasteiger partial charge in [0, 0.05) is 13.5 Å². The number of carbonyl (C=O) groups is 1. The number of nitrogens with one attached hydrogen (secondary N) is 1. The molecule has 0 unspecified atom stereocenters. The van der Waals surface area contributed by atoms with Crippen molar-refractivity contribution in [1.82, 2.24) is 5.32 Å². The second kappa shape index (κ2) is 7.58. The Kier molecular flexibility index (Phi) is 7.08. The summed E-state index contributed by atoms with van der Waals surface area (Å²) in [6.45, 7) is 15.6. The van der Waals surface area contributed by atoms with Crippen molar-refractivity contribution in [2.45, 2.75) is 67.6 Å². The molecule has 0 saturated carbocycles. The molecule has 120 valence electrons. The molecule has 1 rings (SSSR count). The Bertz CT molecular complexity index is 461. The summed E-state index contributed by atoms with van der Waals surface area (Å²) >= 11 is 0. The van der Waals surface area contributed by atoms with Gasteiger partial charge in [0.05, 0.1) is 0 Å². The van der Waals surface area contributed by atoms with Crippen molar-refractivity contribution in [3.8, 4) is 0 Å². The van der Waals surface area contributed by atoms with Crippen LogP contribution in [0.15, 0.2) is 18.2 Å². The summed E-state index contributed by atoms with van der Waals surface area (Å²) in [5.41, 5.74) is 1.69. The lowest BCUT2D eigenvalue weighted by molar-refractivity contribution is -0.119. The van der Waals surface area contributed by atoms with Crippen LogP contribution >= 0.6 is 0 Å². The van der Waals surface area contributed by atoms with Gasteiger partial charge in [-0.05, 0) is 42.9 Å². The third kappa shape index (κ3) is 9.22. The normalized spacial score (nSPS) is 11.5. The average Bonchev–Trinajstić information content (AvgIpc) is 2.23. The number of halogens is 1. The zero-order chi connectivity index (χ0) is 16.8. The second-order valence-electron chi connectivity index (χ2n) is 7.47. The molecule has 1 amide bonds. The molecule has 0 radical (unpaired) electrons. The van der Waals surface area contributed by atoms with Crippen LogP contribution in [0.5, 0.6) is 0 Å². The van der Waals surface area contributed by atoms with E-state index in [2.05, 4.69) is 33.0 Å². The molecule has 0 aliphatic heterocycles. The van der Waals surface area contributed by atoms with E-state index in [0.29, 0.717) is 17.5 Å². The van der Waals surface area contributed by atoms with Crippen molar-refractivity contribution in [2.24, 2.45) is 5.41 Å². The van der Waals surface area contributed by atoms with Crippen LogP contribution in [0.25, 0.3) is 0 Å². The van der Waals surface area contributed by atoms with Crippen molar-refractivity contribution in [1.29, 1.82) is 0 Å². The van der Waals surface area contributed by atoms with Gasteiger partial charge in [0.2, 0.25) is 5.91 Å². The monoisotopic (exact) mass is 295 g/mol. The third-order valence-electron chi connectivity index (χ3n) is 2.61. The highest BCUT2D eigenvalue weighted by molar-refractivity contribution is 5.72. The van der Waals surface area contributed by atoms with Gasteiger partial charge < -0.3 is 5.32 Å². The molecule has 1 aromatic rings. The fraction of sp³-hybridized carbons (Fsp3) is 0.611. The molecule has 21 heavy (non-hydrogen) atoms. The molecule has 2 nitrogen and oxygen atoms in total. The standard InChI is InChI=1S/C13H18FNO.C5H12/c1-9-11(8-15-10(2)16)6-5-7-12(9)13(3,4)14;1-5(2,3)4/h5-7H,8H2,1-4H3,(H,15,16);1-4H3. The first-order valence-electron chi connectivity index (χ1n) is 7.34. The Morgan fingerprint density at radius 1 is 1.14 bits per heavy atom. The number of benzene rings is 1. The number of hydrogen-bond acceptors (Lipinski definition) is 1. The minimum Gasteiger partial charge on any atom is -0.352 e. The predicted octanol–water partition coefficient (Wildman–Crippen LogP) is 4.89. The summed E-state index contributed by atoms with van der Waals surface area (Å²) in [7, 11) is 0. The quantitative estimate of drug-likeness (QED) is 0.845. The van der Waals surface area contributed by atoms with E-state index in [1.165, 1.54) is 20.8 Å². The molecule has 0 bridgehead atoms. The summed E-state index contributed by atoms with van der Waals surface area (Å²) in [4.78, 5) is 10.8. The summed E-state index contributed by atoms with van der Waals surface area (Å²) in [6, 6.07) is 5.51. The second-order valence-corrected chi connectivity index (χ2v) is 7.47. The highest BCUT2D eigenvalue weighted by Crippen LogP contribution is 2.29. The van der Waals surface area contributed by atoms with Crippen LogP contribution in [0, 0.1) is 12.3 Å². The Hall–Kier alpha value is -1.38. The van der Waals surface area contributed by atoms with Gasteiger partial charge in [-0.2, -0.15) is 0 Å². The molecule has 0 fully saturated rings. The van der Waals surface area contributed by atoms with Crippen LogP contribution in [0.4, 0.5) is 4.39 Å². The first-order chi connectivity index (χ1) is 9.32. The SMILES string of the molecule is CC(=O)NCc1cccc(C(C)(C)F)c1C.CC(C)(C)C. The Balaban J connectivity index is 0.000000690. The molecule has 0 aromatic heterocycles. The summed E-state index contributed by atoms with van der Waals surface area (Å²) in [5.74, 6) is -0.0793. The van der Waals surface area contributed by atoms with E-state index in [-0.39, 0.29) is 5.91 Å². The van der Waals surface area contributed by atoms with Gasteiger partial charge in [-0.25, -0.2) is 4.39 Å². The number of carbonyl (C=O) groups excluding carboxylic acids is 1. The Labute approximate surface area is 129 Å². The van der Waals surface area contributed by atoms with Gasteiger partial charge >= 0.3 is 0 Å².